The van der Waals surface area contributed by atoms with Crippen LogP contribution < -0.4 is 0 Å². The second kappa shape index (κ2) is 9.09. The molecule has 1 aliphatic rings. The number of hydrogen-bond donors (Lipinski definition) is 0. The Labute approximate surface area is 178 Å². The third kappa shape index (κ3) is 7.75. The highest BCUT2D eigenvalue weighted by atomic mass is 32.2. The number of hydrogen-bond acceptors (Lipinski definition) is 8. The number of nitrogens with zero attached hydrogens (tertiary/aromatic N) is 2. The molecule has 10 nitrogen and oxygen atoms in total. The normalized spacial score (nSPS) is 20.0. The number of likely N-dealkylation sites (tertiary alicyclic amines) is 1. The second-order valence-electron chi connectivity index (χ2n) is 9.46. The molecular formula is C19H34N2O8S. The molecule has 1 fully saturated rings. The van der Waals surface area contributed by atoms with Gasteiger partial charge in [-0.2, -0.15) is 8.42 Å². The van der Waals surface area contributed by atoms with Crippen LogP contribution in [0.2, 0.25) is 0 Å². The van der Waals surface area contributed by atoms with Crippen molar-refractivity contribution in [3.05, 3.63) is 0 Å². The number of carbonyl (C=O) groups is 3. The van der Waals surface area contributed by atoms with Crippen molar-refractivity contribution in [3.63, 3.8) is 0 Å². The quantitative estimate of drug-likeness (QED) is 0.586. The van der Waals surface area contributed by atoms with Crippen LogP contribution in [0.5, 0.6) is 0 Å². The van der Waals surface area contributed by atoms with Crippen molar-refractivity contribution in [3.8, 4) is 0 Å². The summed E-state index contributed by atoms with van der Waals surface area (Å²) in [6.07, 6.45) is -1.65. The molecule has 0 aromatic rings. The summed E-state index contributed by atoms with van der Waals surface area (Å²) in [4.78, 5) is 39.8. The summed E-state index contributed by atoms with van der Waals surface area (Å²) in [5, 5.41) is 0. The molecule has 3 unspecified atom stereocenters. The van der Waals surface area contributed by atoms with Crippen molar-refractivity contribution in [1.29, 1.82) is 0 Å². The molecule has 1 saturated heterocycles. The number of likely N-dealkylation sites (N-methyl/N-ethyl adjacent to an activating group) is 1. The Morgan fingerprint density at radius 3 is 2.03 bits per heavy atom. The van der Waals surface area contributed by atoms with E-state index in [2.05, 4.69) is 0 Å². The van der Waals surface area contributed by atoms with Crippen LogP contribution in [0.15, 0.2) is 0 Å². The zero-order valence-corrected chi connectivity index (χ0v) is 20.0. The molecule has 0 radical (unpaired) electrons. The molecule has 1 rings (SSSR count). The first kappa shape index (κ1) is 26.2. The molecule has 0 bridgehead atoms. The Bertz CT molecular complexity index is 766. The number of rotatable bonds is 5. The Kier molecular flexibility index (Phi) is 7.92. The van der Waals surface area contributed by atoms with Crippen molar-refractivity contribution < 1.29 is 36.5 Å². The first-order valence-electron chi connectivity index (χ1n) is 9.71. The van der Waals surface area contributed by atoms with E-state index in [0.29, 0.717) is 0 Å². The predicted molar refractivity (Wildman–Crippen MR) is 109 cm³/mol. The highest BCUT2D eigenvalue weighted by Crippen LogP contribution is 2.29. The van der Waals surface area contributed by atoms with Crippen LogP contribution in [-0.4, -0.2) is 79.5 Å². The van der Waals surface area contributed by atoms with Crippen molar-refractivity contribution in [2.24, 2.45) is 5.92 Å². The van der Waals surface area contributed by atoms with Crippen LogP contribution in [0.25, 0.3) is 0 Å². The zero-order valence-electron chi connectivity index (χ0n) is 19.2. The maximum atomic E-state index is 12.9. The van der Waals surface area contributed by atoms with E-state index in [0.717, 1.165) is 11.2 Å². The maximum Gasteiger partial charge on any atom is 0.417 e. The Hall–Kier alpha value is -1.88. The van der Waals surface area contributed by atoms with Crippen LogP contribution in [-0.2, 0) is 28.6 Å². The van der Waals surface area contributed by atoms with Gasteiger partial charge >= 0.3 is 12.2 Å². The Morgan fingerprint density at radius 2 is 1.60 bits per heavy atom. The molecule has 0 aliphatic carbocycles. The van der Waals surface area contributed by atoms with Crippen molar-refractivity contribution in [1.82, 2.24) is 9.80 Å². The van der Waals surface area contributed by atoms with Gasteiger partial charge in [-0.15, -0.1) is 0 Å². The molecule has 174 valence electrons. The van der Waals surface area contributed by atoms with E-state index in [4.69, 9.17) is 13.7 Å². The molecule has 0 saturated carbocycles. The predicted octanol–water partition coefficient (Wildman–Crippen LogP) is 2.37. The first-order valence-corrected chi connectivity index (χ1v) is 11.5. The molecule has 0 aromatic heterocycles. The molecule has 0 N–H and O–H groups in total. The lowest BCUT2D eigenvalue weighted by atomic mass is 9.95. The molecule has 3 atom stereocenters. The topological polar surface area (TPSA) is 120 Å². The second-order valence-corrected chi connectivity index (χ2v) is 11.1. The summed E-state index contributed by atoms with van der Waals surface area (Å²) < 4.78 is 39.5. The first-order chi connectivity index (χ1) is 13.3. The molecular weight excluding hydrogens is 416 g/mol. The third-order valence-corrected chi connectivity index (χ3v) is 4.88. The summed E-state index contributed by atoms with van der Waals surface area (Å²) >= 11 is 0. The van der Waals surface area contributed by atoms with Gasteiger partial charge < -0.3 is 14.4 Å². The smallest absolute Gasteiger partial charge is 0.417 e. The monoisotopic (exact) mass is 450 g/mol. The molecule has 0 spiro atoms. The maximum absolute atomic E-state index is 12.9. The minimum absolute atomic E-state index is 0.0604. The summed E-state index contributed by atoms with van der Waals surface area (Å²) in [5.41, 5.74) is -1.54. The summed E-state index contributed by atoms with van der Waals surface area (Å²) in [6, 6.07) is -0.831. The molecule has 30 heavy (non-hydrogen) atoms. The van der Waals surface area contributed by atoms with Gasteiger partial charge in [-0.3, -0.25) is 8.98 Å². The number of amides is 3. The average Bonchev–Trinajstić information content (AvgIpc) is 2.88. The van der Waals surface area contributed by atoms with Gasteiger partial charge in [0.15, 0.2) is 0 Å². The summed E-state index contributed by atoms with van der Waals surface area (Å²) in [5.74, 6) is -1.56. The van der Waals surface area contributed by atoms with Gasteiger partial charge in [0.05, 0.1) is 18.2 Å². The van der Waals surface area contributed by atoms with Gasteiger partial charge in [-0.25, -0.2) is 14.5 Å². The van der Waals surface area contributed by atoms with Crippen molar-refractivity contribution >= 4 is 28.2 Å². The number of imide groups is 1. The highest BCUT2D eigenvalue weighted by Gasteiger charge is 2.46. The van der Waals surface area contributed by atoms with Crippen molar-refractivity contribution in [2.45, 2.75) is 78.2 Å². The van der Waals surface area contributed by atoms with Crippen LogP contribution in [0.4, 0.5) is 9.59 Å². The van der Waals surface area contributed by atoms with Gasteiger partial charge in [0.25, 0.3) is 10.1 Å². The summed E-state index contributed by atoms with van der Waals surface area (Å²) in [7, 11) is -2.52. The van der Waals surface area contributed by atoms with Crippen LogP contribution in [0.3, 0.4) is 0 Å². The molecule has 0 aromatic carbocycles. The van der Waals surface area contributed by atoms with Gasteiger partial charge in [0.1, 0.15) is 17.3 Å². The van der Waals surface area contributed by atoms with E-state index in [1.807, 2.05) is 0 Å². The fraction of sp³-hybridized carbons (Fsp3) is 0.842. The zero-order chi connectivity index (χ0) is 23.7. The number of ether oxygens (including phenoxy) is 2. The lowest BCUT2D eigenvalue weighted by Crippen LogP contribution is -2.51. The summed E-state index contributed by atoms with van der Waals surface area (Å²) in [6.45, 7) is 11.8. The van der Waals surface area contributed by atoms with Crippen LogP contribution in [0, 0.1) is 5.92 Å². The van der Waals surface area contributed by atoms with Crippen molar-refractivity contribution in [2.75, 3.05) is 19.8 Å². The fourth-order valence-corrected chi connectivity index (χ4v) is 3.61. The van der Waals surface area contributed by atoms with E-state index in [9.17, 15) is 22.8 Å². The van der Waals surface area contributed by atoms with E-state index in [-0.39, 0.29) is 13.0 Å². The largest absolute Gasteiger partial charge is 0.444 e. The van der Waals surface area contributed by atoms with Crippen LogP contribution in [0.1, 0.15) is 54.9 Å². The number of carbonyl (C=O) groups excluding carboxylic acids is 3. The molecule has 11 heteroatoms. The van der Waals surface area contributed by atoms with E-state index >= 15 is 0 Å². The van der Waals surface area contributed by atoms with Gasteiger partial charge in [-0.1, -0.05) is 0 Å². The van der Waals surface area contributed by atoms with E-state index in [1.54, 1.807) is 48.5 Å². The molecule has 1 heterocycles. The third-order valence-electron chi connectivity index (χ3n) is 4.31. The highest BCUT2D eigenvalue weighted by molar-refractivity contribution is 7.86. The van der Waals surface area contributed by atoms with Gasteiger partial charge in [-0.05, 0) is 54.9 Å². The lowest BCUT2D eigenvalue weighted by Gasteiger charge is -2.34. The SMILES string of the molecule is CC(C(OS(C)(=O)=O)C1CCN(C(=O)OC(C)(C)C)C1=O)N(C)C(=O)OC(C)(C)C. The van der Waals surface area contributed by atoms with E-state index < -0.39 is 57.5 Å². The fourth-order valence-electron chi connectivity index (χ4n) is 2.91. The average molecular weight is 451 g/mol. The van der Waals surface area contributed by atoms with Gasteiger partial charge in [0.2, 0.25) is 5.91 Å². The standard InChI is InChI=1S/C19H34N2O8S/c1-12(20(8)16(23)27-18(2,3)4)14(29-30(9,25)26)13-10-11-21(15(13)22)17(24)28-19(5,6)7/h12-14H,10-11H2,1-9H3. The lowest BCUT2D eigenvalue weighted by molar-refractivity contribution is -0.133. The van der Waals surface area contributed by atoms with E-state index in [1.165, 1.54) is 11.9 Å². The minimum Gasteiger partial charge on any atom is -0.444 e. The Balaban J connectivity index is 3.10. The minimum atomic E-state index is -3.96. The Morgan fingerprint density at radius 1 is 1.10 bits per heavy atom. The molecule has 1 aliphatic heterocycles. The molecule has 3 amide bonds. The van der Waals surface area contributed by atoms with Crippen LogP contribution >= 0.6 is 0 Å². The van der Waals surface area contributed by atoms with Gasteiger partial charge in [0, 0.05) is 13.6 Å².